The second-order valence-electron chi connectivity index (χ2n) is 5.74. The first-order valence-corrected chi connectivity index (χ1v) is 8.92. The van der Waals surface area contributed by atoms with Crippen molar-refractivity contribution in [3.63, 3.8) is 0 Å². The second kappa shape index (κ2) is 8.33. The summed E-state index contributed by atoms with van der Waals surface area (Å²) in [6.45, 7) is 2.59. The molecule has 0 spiro atoms. The number of ether oxygens (including phenoxy) is 2. The average Bonchev–Trinajstić information content (AvgIpc) is 2.54. The van der Waals surface area contributed by atoms with Gasteiger partial charge in [-0.3, -0.25) is 0 Å². The smallest absolute Gasteiger partial charge is 0.246 e. The maximum atomic E-state index is 14.2. The molecule has 6 nitrogen and oxygen atoms in total. The highest BCUT2D eigenvalue weighted by Crippen LogP contribution is 2.34. The zero-order valence-corrected chi connectivity index (χ0v) is 15.6. The Kier molecular flexibility index (Phi) is 7.27. The van der Waals surface area contributed by atoms with Gasteiger partial charge in [0.1, 0.15) is 10.7 Å². The van der Waals surface area contributed by atoms with Gasteiger partial charge in [-0.2, -0.15) is 4.31 Å². The van der Waals surface area contributed by atoms with Gasteiger partial charge in [0, 0.05) is 31.3 Å². The minimum Gasteiger partial charge on any atom is -0.493 e. The summed E-state index contributed by atoms with van der Waals surface area (Å²) in [6.07, 6.45) is 1.34. The van der Waals surface area contributed by atoms with E-state index in [9.17, 15) is 12.8 Å². The highest BCUT2D eigenvalue weighted by Gasteiger charge is 2.33. The summed E-state index contributed by atoms with van der Waals surface area (Å²) in [5, 5.41) is 0. The van der Waals surface area contributed by atoms with Crippen LogP contribution in [0.25, 0.3) is 0 Å². The van der Waals surface area contributed by atoms with Crippen LogP contribution in [-0.2, 0) is 10.0 Å². The highest BCUT2D eigenvalue weighted by atomic mass is 35.5. The van der Waals surface area contributed by atoms with E-state index in [4.69, 9.17) is 15.2 Å². The Balaban J connectivity index is 0.00000288. The van der Waals surface area contributed by atoms with Crippen LogP contribution in [-0.4, -0.2) is 46.1 Å². The number of sulfonamides is 1. The average molecular weight is 383 g/mol. The van der Waals surface area contributed by atoms with E-state index in [0.717, 1.165) is 6.07 Å². The van der Waals surface area contributed by atoms with Gasteiger partial charge in [-0.25, -0.2) is 12.8 Å². The lowest BCUT2D eigenvalue weighted by molar-refractivity contribution is 0.250. The van der Waals surface area contributed by atoms with Crippen LogP contribution >= 0.6 is 12.4 Å². The molecule has 0 bridgehead atoms. The topological polar surface area (TPSA) is 81.9 Å². The molecule has 1 fully saturated rings. The first kappa shape index (κ1) is 21.0. The molecule has 0 aromatic heterocycles. The fraction of sp³-hybridized carbons (Fsp3) is 0.600. The lowest BCUT2D eigenvalue weighted by Crippen LogP contribution is -2.42. The van der Waals surface area contributed by atoms with E-state index < -0.39 is 20.7 Å². The van der Waals surface area contributed by atoms with Crippen LogP contribution in [0.1, 0.15) is 19.8 Å². The molecule has 1 unspecified atom stereocenters. The summed E-state index contributed by atoms with van der Waals surface area (Å²) in [5.41, 5.74) is 5.87. The van der Waals surface area contributed by atoms with Crippen LogP contribution < -0.4 is 15.2 Å². The molecule has 9 heteroatoms. The van der Waals surface area contributed by atoms with Crippen LogP contribution in [0.4, 0.5) is 4.39 Å². The molecule has 24 heavy (non-hydrogen) atoms. The molecule has 0 saturated carbocycles. The number of methoxy groups -OCH3 is 2. The van der Waals surface area contributed by atoms with Gasteiger partial charge >= 0.3 is 0 Å². The molecule has 0 amide bonds. The third-order valence-electron chi connectivity index (χ3n) is 4.30. The lowest BCUT2D eigenvalue weighted by atomic mass is 9.92. The van der Waals surface area contributed by atoms with Gasteiger partial charge < -0.3 is 15.2 Å². The Hall–Kier alpha value is -1.09. The molecular weight excluding hydrogens is 359 g/mol. The Morgan fingerprint density at radius 2 is 1.71 bits per heavy atom. The Morgan fingerprint density at radius 1 is 1.21 bits per heavy atom. The van der Waals surface area contributed by atoms with Crippen LogP contribution in [0, 0.1) is 11.7 Å². The predicted molar refractivity (Wildman–Crippen MR) is 91.9 cm³/mol. The molecule has 1 heterocycles. The van der Waals surface area contributed by atoms with Crippen LogP contribution in [0.2, 0.25) is 0 Å². The summed E-state index contributed by atoms with van der Waals surface area (Å²) < 4.78 is 51.0. The standard InChI is InChI=1S/C15H23FN2O4S.ClH/c1-10(17)11-4-6-18(7-5-11)23(19,20)15-9-14(22-3)13(21-2)8-12(15)16;/h8-11H,4-7,17H2,1-3H3;1H. The van der Waals surface area contributed by atoms with Gasteiger partial charge in [0.2, 0.25) is 10.0 Å². The lowest BCUT2D eigenvalue weighted by Gasteiger charge is -2.33. The van der Waals surface area contributed by atoms with Gasteiger partial charge in [0.25, 0.3) is 0 Å². The fourth-order valence-electron chi connectivity index (χ4n) is 2.81. The Labute approximate surface area is 148 Å². The zero-order valence-electron chi connectivity index (χ0n) is 14.0. The van der Waals surface area contributed by atoms with E-state index in [0.29, 0.717) is 25.9 Å². The number of hydrogen-bond acceptors (Lipinski definition) is 5. The zero-order chi connectivity index (χ0) is 17.2. The van der Waals surface area contributed by atoms with E-state index in [1.54, 1.807) is 0 Å². The Morgan fingerprint density at radius 3 is 2.17 bits per heavy atom. The summed E-state index contributed by atoms with van der Waals surface area (Å²) in [7, 11) is -1.18. The quantitative estimate of drug-likeness (QED) is 0.842. The number of nitrogens with zero attached hydrogens (tertiary/aromatic N) is 1. The molecule has 1 aliphatic rings. The van der Waals surface area contributed by atoms with E-state index in [1.807, 2.05) is 6.92 Å². The van der Waals surface area contributed by atoms with Crippen molar-refractivity contribution < 1.29 is 22.3 Å². The van der Waals surface area contributed by atoms with Gasteiger partial charge in [0.15, 0.2) is 11.5 Å². The van der Waals surface area contributed by atoms with Crippen molar-refractivity contribution in [1.82, 2.24) is 4.31 Å². The molecule has 2 rings (SSSR count). The van der Waals surface area contributed by atoms with Gasteiger partial charge in [-0.05, 0) is 25.7 Å². The first-order valence-electron chi connectivity index (χ1n) is 7.48. The van der Waals surface area contributed by atoms with Crippen molar-refractivity contribution in [2.24, 2.45) is 11.7 Å². The normalized spacial score (nSPS) is 17.9. The minimum absolute atomic E-state index is 0. The van der Waals surface area contributed by atoms with E-state index >= 15 is 0 Å². The summed E-state index contributed by atoms with van der Waals surface area (Å²) >= 11 is 0. The number of piperidine rings is 1. The van der Waals surface area contributed by atoms with E-state index in [2.05, 4.69) is 0 Å². The van der Waals surface area contributed by atoms with Gasteiger partial charge in [0.05, 0.1) is 14.2 Å². The first-order chi connectivity index (χ1) is 10.8. The number of halogens is 2. The van der Waals surface area contributed by atoms with Crippen molar-refractivity contribution in [2.75, 3.05) is 27.3 Å². The van der Waals surface area contributed by atoms with Crippen molar-refractivity contribution >= 4 is 22.4 Å². The van der Waals surface area contributed by atoms with Crippen molar-refractivity contribution in [1.29, 1.82) is 0 Å². The predicted octanol–water partition coefficient (Wildman–Crippen LogP) is 2.01. The maximum absolute atomic E-state index is 14.2. The summed E-state index contributed by atoms with van der Waals surface area (Å²) in [6, 6.07) is 2.22. The van der Waals surface area contributed by atoms with Crippen LogP contribution in [0.15, 0.2) is 17.0 Å². The highest BCUT2D eigenvalue weighted by molar-refractivity contribution is 7.89. The van der Waals surface area contributed by atoms with Crippen molar-refractivity contribution in [3.05, 3.63) is 17.9 Å². The molecule has 1 atom stereocenters. The molecule has 1 aromatic carbocycles. The van der Waals surface area contributed by atoms with Crippen molar-refractivity contribution in [3.8, 4) is 11.5 Å². The molecular formula is C15H24ClFN2O4S. The van der Waals surface area contributed by atoms with E-state index in [1.165, 1.54) is 24.6 Å². The molecule has 1 saturated heterocycles. The van der Waals surface area contributed by atoms with Crippen LogP contribution in [0.3, 0.4) is 0 Å². The molecule has 0 radical (unpaired) electrons. The summed E-state index contributed by atoms with van der Waals surface area (Å²) in [4.78, 5) is -0.394. The minimum atomic E-state index is -3.92. The number of rotatable bonds is 5. The van der Waals surface area contributed by atoms with Crippen LogP contribution in [0.5, 0.6) is 11.5 Å². The van der Waals surface area contributed by atoms with Gasteiger partial charge in [-0.15, -0.1) is 12.4 Å². The molecule has 138 valence electrons. The number of benzene rings is 1. The van der Waals surface area contributed by atoms with E-state index in [-0.39, 0.29) is 35.9 Å². The summed E-state index contributed by atoms with van der Waals surface area (Å²) in [5.74, 6) is -0.230. The number of nitrogens with two attached hydrogens (primary N) is 1. The third kappa shape index (κ3) is 4.11. The monoisotopic (exact) mass is 382 g/mol. The fourth-order valence-corrected chi connectivity index (χ4v) is 4.35. The maximum Gasteiger partial charge on any atom is 0.246 e. The molecule has 1 aliphatic heterocycles. The SMILES string of the molecule is COc1cc(F)c(S(=O)(=O)N2CCC(C(C)N)CC2)cc1OC.Cl. The molecule has 0 aliphatic carbocycles. The molecule has 2 N–H and O–H groups in total. The Bertz CT molecular complexity index is 662. The molecule has 1 aromatic rings. The van der Waals surface area contributed by atoms with Crippen molar-refractivity contribution in [2.45, 2.75) is 30.7 Å². The largest absolute Gasteiger partial charge is 0.493 e. The number of hydrogen-bond donors (Lipinski definition) is 1. The second-order valence-corrected chi connectivity index (χ2v) is 7.64. The third-order valence-corrected chi connectivity index (χ3v) is 6.21. The van der Waals surface area contributed by atoms with Gasteiger partial charge in [-0.1, -0.05) is 0 Å².